The minimum absolute atomic E-state index is 0.452. The Balaban J connectivity index is 1.95. The second-order valence-corrected chi connectivity index (χ2v) is 6.19. The van der Waals surface area contributed by atoms with Crippen LogP contribution in [0.5, 0.6) is 11.5 Å². The van der Waals surface area contributed by atoms with Crippen molar-refractivity contribution in [3.8, 4) is 11.5 Å². The van der Waals surface area contributed by atoms with Gasteiger partial charge in [0.25, 0.3) is 5.91 Å². The molecule has 148 valence electrons. The van der Waals surface area contributed by atoms with Crippen molar-refractivity contribution in [2.45, 2.75) is 20.0 Å². The number of rotatable bonds is 8. The van der Waals surface area contributed by atoms with E-state index in [-0.39, 0.29) is 0 Å². The molecule has 1 amide bonds. The van der Waals surface area contributed by atoms with Gasteiger partial charge in [0.15, 0.2) is 17.6 Å². The van der Waals surface area contributed by atoms with Crippen LogP contribution in [-0.2, 0) is 14.3 Å². The molecule has 0 saturated heterocycles. The Kier molecular flexibility index (Phi) is 7.89. The van der Waals surface area contributed by atoms with Crippen LogP contribution in [0.25, 0.3) is 6.08 Å². The van der Waals surface area contributed by atoms with E-state index in [0.29, 0.717) is 28.8 Å². The molecule has 1 atom stereocenters. The molecule has 2 aromatic rings. The zero-order valence-corrected chi connectivity index (χ0v) is 16.7. The lowest BCUT2D eigenvalue weighted by Gasteiger charge is -2.12. The van der Waals surface area contributed by atoms with Crippen LogP contribution < -0.4 is 14.8 Å². The summed E-state index contributed by atoms with van der Waals surface area (Å²) in [5.74, 6) is 0.0947. The Bertz CT molecular complexity index is 866. The van der Waals surface area contributed by atoms with Gasteiger partial charge in [0.2, 0.25) is 0 Å². The van der Waals surface area contributed by atoms with E-state index in [0.717, 1.165) is 5.56 Å². The molecule has 0 radical (unpaired) electrons. The highest BCUT2D eigenvalue weighted by molar-refractivity contribution is 6.30. The van der Waals surface area contributed by atoms with Crippen molar-refractivity contribution in [3.05, 3.63) is 59.1 Å². The molecule has 0 aliphatic rings. The first-order chi connectivity index (χ1) is 13.4. The monoisotopic (exact) mass is 403 g/mol. The molecular formula is C21H22ClNO5. The summed E-state index contributed by atoms with van der Waals surface area (Å²) >= 11 is 5.88. The van der Waals surface area contributed by atoms with E-state index in [1.54, 1.807) is 55.7 Å². The maximum Gasteiger partial charge on any atom is 0.331 e. The molecule has 0 heterocycles. The molecule has 0 unspecified atom stereocenters. The SMILES string of the molecule is CCOc1cc(/C=C/C(=O)O[C@H](C)C(=O)Nc2cccc(Cl)c2)ccc1OC. The molecule has 1 N–H and O–H groups in total. The number of carbonyl (C=O) groups is 2. The van der Waals surface area contributed by atoms with Gasteiger partial charge in [-0.2, -0.15) is 0 Å². The largest absolute Gasteiger partial charge is 0.493 e. The van der Waals surface area contributed by atoms with Gasteiger partial charge in [0.05, 0.1) is 13.7 Å². The first-order valence-corrected chi connectivity index (χ1v) is 9.06. The molecule has 2 aromatic carbocycles. The normalized spacial score (nSPS) is 11.7. The lowest BCUT2D eigenvalue weighted by molar-refractivity contribution is -0.148. The Morgan fingerprint density at radius 2 is 1.96 bits per heavy atom. The average molecular weight is 404 g/mol. The second-order valence-electron chi connectivity index (χ2n) is 5.76. The number of methoxy groups -OCH3 is 1. The van der Waals surface area contributed by atoms with Crippen molar-refractivity contribution in [2.24, 2.45) is 0 Å². The van der Waals surface area contributed by atoms with Gasteiger partial charge in [-0.15, -0.1) is 0 Å². The van der Waals surface area contributed by atoms with Gasteiger partial charge in [-0.1, -0.05) is 23.7 Å². The van der Waals surface area contributed by atoms with Crippen LogP contribution in [0.2, 0.25) is 5.02 Å². The molecule has 0 aliphatic carbocycles. The van der Waals surface area contributed by atoms with E-state index in [2.05, 4.69) is 5.32 Å². The number of carbonyl (C=O) groups excluding carboxylic acids is 2. The second kappa shape index (κ2) is 10.4. The minimum atomic E-state index is -0.967. The highest BCUT2D eigenvalue weighted by Crippen LogP contribution is 2.28. The number of hydrogen-bond donors (Lipinski definition) is 1. The third-order valence-corrected chi connectivity index (χ3v) is 3.89. The standard InChI is InChI=1S/C21H22ClNO5/c1-4-27-19-12-15(8-10-18(19)26-3)9-11-20(24)28-14(2)21(25)23-17-7-5-6-16(22)13-17/h5-14H,4H2,1-3H3,(H,23,25)/b11-9+/t14-/m1/s1. The summed E-state index contributed by atoms with van der Waals surface area (Å²) in [5.41, 5.74) is 1.26. The van der Waals surface area contributed by atoms with Crippen LogP contribution in [0.3, 0.4) is 0 Å². The van der Waals surface area contributed by atoms with E-state index < -0.39 is 18.0 Å². The average Bonchev–Trinajstić information content (AvgIpc) is 2.66. The summed E-state index contributed by atoms with van der Waals surface area (Å²) in [7, 11) is 1.56. The van der Waals surface area contributed by atoms with Gasteiger partial charge in [-0.25, -0.2) is 4.79 Å². The summed E-state index contributed by atoms with van der Waals surface area (Å²) in [6, 6.07) is 12.0. The molecule has 0 fully saturated rings. The highest BCUT2D eigenvalue weighted by Gasteiger charge is 2.16. The van der Waals surface area contributed by atoms with Crippen molar-refractivity contribution < 1.29 is 23.8 Å². The molecule has 0 spiro atoms. The number of ether oxygens (including phenoxy) is 3. The number of halogens is 1. The smallest absolute Gasteiger partial charge is 0.331 e. The zero-order valence-electron chi connectivity index (χ0n) is 15.9. The van der Waals surface area contributed by atoms with Gasteiger partial charge >= 0.3 is 5.97 Å². The number of amides is 1. The van der Waals surface area contributed by atoms with Gasteiger partial charge in [0, 0.05) is 16.8 Å². The van der Waals surface area contributed by atoms with E-state index in [9.17, 15) is 9.59 Å². The number of hydrogen-bond acceptors (Lipinski definition) is 5. The molecule has 2 rings (SSSR count). The maximum atomic E-state index is 12.1. The Hall–Kier alpha value is -2.99. The van der Waals surface area contributed by atoms with Crippen LogP contribution >= 0.6 is 11.6 Å². The van der Waals surface area contributed by atoms with Crippen molar-refractivity contribution in [1.82, 2.24) is 0 Å². The molecule has 6 nitrogen and oxygen atoms in total. The van der Waals surface area contributed by atoms with Gasteiger partial charge < -0.3 is 19.5 Å². The summed E-state index contributed by atoms with van der Waals surface area (Å²) < 4.78 is 15.9. The molecule has 7 heteroatoms. The summed E-state index contributed by atoms with van der Waals surface area (Å²) in [5, 5.41) is 3.14. The topological polar surface area (TPSA) is 73.9 Å². The Labute approximate surface area is 169 Å². The lowest BCUT2D eigenvalue weighted by atomic mass is 10.2. The zero-order chi connectivity index (χ0) is 20.5. The van der Waals surface area contributed by atoms with Crippen LogP contribution in [-0.4, -0.2) is 31.7 Å². The summed E-state index contributed by atoms with van der Waals surface area (Å²) in [4.78, 5) is 24.1. The van der Waals surface area contributed by atoms with E-state index in [4.69, 9.17) is 25.8 Å². The number of benzene rings is 2. The number of nitrogens with one attached hydrogen (secondary N) is 1. The van der Waals surface area contributed by atoms with Crippen LogP contribution in [0.4, 0.5) is 5.69 Å². The van der Waals surface area contributed by atoms with Crippen molar-refractivity contribution in [2.75, 3.05) is 19.0 Å². The lowest BCUT2D eigenvalue weighted by Crippen LogP contribution is -2.29. The third kappa shape index (κ3) is 6.32. The molecule has 0 aliphatic heterocycles. The van der Waals surface area contributed by atoms with Gasteiger partial charge in [-0.05, 0) is 55.8 Å². The third-order valence-electron chi connectivity index (χ3n) is 3.65. The Morgan fingerprint density at radius 3 is 2.64 bits per heavy atom. The first-order valence-electron chi connectivity index (χ1n) is 8.69. The van der Waals surface area contributed by atoms with Gasteiger partial charge in [-0.3, -0.25) is 4.79 Å². The fourth-order valence-corrected chi connectivity index (χ4v) is 2.50. The van der Waals surface area contributed by atoms with Crippen molar-refractivity contribution in [3.63, 3.8) is 0 Å². The van der Waals surface area contributed by atoms with Crippen molar-refractivity contribution in [1.29, 1.82) is 0 Å². The van der Waals surface area contributed by atoms with Crippen LogP contribution in [0, 0.1) is 0 Å². The molecule has 0 bridgehead atoms. The van der Waals surface area contributed by atoms with E-state index >= 15 is 0 Å². The first kappa shape index (κ1) is 21.3. The summed E-state index contributed by atoms with van der Waals surface area (Å²) in [6.45, 7) is 3.85. The maximum absolute atomic E-state index is 12.1. The number of anilines is 1. The molecule has 28 heavy (non-hydrogen) atoms. The summed E-state index contributed by atoms with van der Waals surface area (Å²) in [6.07, 6.45) is 1.86. The van der Waals surface area contributed by atoms with E-state index in [1.807, 2.05) is 6.92 Å². The van der Waals surface area contributed by atoms with Crippen LogP contribution in [0.1, 0.15) is 19.4 Å². The van der Waals surface area contributed by atoms with Crippen LogP contribution in [0.15, 0.2) is 48.5 Å². The molecule has 0 aromatic heterocycles. The fraction of sp³-hybridized carbons (Fsp3) is 0.238. The highest BCUT2D eigenvalue weighted by atomic mass is 35.5. The molecular weight excluding hydrogens is 382 g/mol. The van der Waals surface area contributed by atoms with E-state index in [1.165, 1.54) is 13.0 Å². The molecule has 0 saturated carbocycles. The Morgan fingerprint density at radius 1 is 1.18 bits per heavy atom. The predicted octanol–water partition coefficient (Wildman–Crippen LogP) is 4.33. The minimum Gasteiger partial charge on any atom is -0.493 e. The van der Waals surface area contributed by atoms with Crippen molar-refractivity contribution >= 4 is 35.2 Å². The number of esters is 1. The van der Waals surface area contributed by atoms with Gasteiger partial charge in [0.1, 0.15) is 0 Å². The predicted molar refractivity (Wildman–Crippen MR) is 109 cm³/mol. The quantitative estimate of drug-likeness (QED) is 0.524. The fourth-order valence-electron chi connectivity index (χ4n) is 2.31.